The zero-order chi connectivity index (χ0) is 41.4. The molecule has 3 atom stereocenters. The number of phosphoric ester groups is 1. The van der Waals surface area contributed by atoms with E-state index in [-0.39, 0.29) is 19.1 Å². The molecule has 0 aliphatic rings. The third kappa shape index (κ3) is 40.9. The second kappa shape index (κ2) is 39.2. The van der Waals surface area contributed by atoms with Gasteiger partial charge in [0.15, 0.2) is 0 Å². The van der Waals surface area contributed by atoms with E-state index in [9.17, 15) is 19.4 Å². The molecule has 8 nitrogen and oxygen atoms in total. The predicted octanol–water partition coefficient (Wildman–Crippen LogP) is 12.5. The molecular formula is C47H91N2O6P. The molecule has 0 radical (unpaired) electrons. The van der Waals surface area contributed by atoms with Gasteiger partial charge in [0.25, 0.3) is 7.82 Å². The van der Waals surface area contributed by atoms with Gasteiger partial charge < -0.3 is 28.8 Å². The summed E-state index contributed by atoms with van der Waals surface area (Å²) in [5.74, 6) is -0.209. The quantitative estimate of drug-likeness (QED) is 0.0209. The number of allylic oxidation sites excluding steroid dienone is 5. The van der Waals surface area contributed by atoms with Crippen LogP contribution in [0.1, 0.15) is 206 Å². The summed E-state index contributed by atoms with van der Waals surface area (Å²) in [5.41, 5.74) is 0. The number of amides is 1. The van der Waals surface area contributed by atoms with Crippen LogP contribution in [-0.2, 0) is 18.4 Å². The fourth-order valence-corrected chi connectivity index (χ4v) is 7.34. The maximum absolute atomic E-state index is 12.9. The van der Waals surface area contributed by atoms with E-state index >= 15 is 0 Å². The standard InChI is InChI=1S/C47H91N2O6P/c1-6-8-10-12-14-16-18-20-22-23-24-25-27-28-30-32-34-36-38-40-46(50)45(44-55-56(52,53)54-43-42-49(3,4)5)48-47(51)41-39-37-35-33-31-29-26-21-19-17-15-13-11-9-7-2/h15,17,19,21,38,40,45-46,50H,6-14,16,18,20,22-37,39,41-44H2,1-5H3,(H-,48,51,52,53)/b17-15-,21-19-,40-38+. The van der Waals surface area contributed by atoms with E-state index in [0.717, 1.165) is 57.8 Å². The van der Waals surface area contributed by atoms with Gasteiger partial charge in [-0.1, -0.05) is 192 Å². The Morgan fingerprint density at radius 1 is 0.625 bits per heavy atom. The lowest BCUT2D eigenvalue weighted by molar-refractivity contribution is -0.870. The van der Waals surface area contributed by atoms with Crippen molar-refractivity contribution in [2.75, 3.05) is 40.9 Å². The Morgan fingerprint density at radius 2 is 1.02 bits per heavy atom. The Bertz CT molecular complexity index is 1010. The first kappa shape index (κ1) is 54.7. The first-order valence-electron chi connectivity index (χ1n) is 23.4. The number of rotatable bonds is 42. The summed E-state index contributed by atoms with van der Waals surface area (Å²) in [6.07, 6.45) is 47.6. The van der Waals surface area contributed by atoms with Gasteiger partial charge in [-0.05, 0) is 44.9 Å². The normalized spacial score (nSPS) is 14.6. The molecule has 330 valence electrons. The minimum Gasteiger partial charge on any atom is -0.756 e. The molecule has 56 heavy (non-hydrogen) atoms. The lowest BCUT2D eigenvalue weighted by Crippen LogP contribution is -2.45. The predicted molar refractivity (Wildman–Crippen MR) is 238 cm³/mol. The molecule has 0 aromatic carbocycles. The second-order valence-corrected chi connectivity index (χ2v) is 18.6. The third-order valence-electron chi connectivity index (χ3n) is 10.4. The van der Waals surface area contributed by atoms with Crippen LogP contribution in [0.5, 0.6) is 0 Å². The van der Waals surface area contributed by atoms with Crippen molar-refractivity contribution in [1.29, 1.82) is 0 Å². The van der Waals surface area contributed by atoms with Crippen molar-refractivity contribution in [3.63, 3.8) is 0 Å². The van der Waals surface area contributed by atoms with Crippen LogP contribution >= 0.6 is 7.82 Å². The van der Waals surface area contributed by atoms with Crippen LogP contribution in [0.2, 0.25) is 0 Å². The van der Waals surface area contributed by atoms with Crippen LogP contribution < -0.4 is 10.2 Å². The molecule has 0 spiro atoms. The molecule has 0 aromatic rings. The molecule has 0 heterocycles. The van der Waals surface area contributed by atoms with Crippen LogP contribution in [0.15, 0.2) is 36.5 Å². The number of hydrogen-bond donors (Lipinski definition) is 2. The average Bonchev–Trinajstić information content (AvgIpc) is 3.15. The topological polar surface area (TPSA) is 108 Å². The monoisotopic (exact) mass is 811 g/mol. The maximum Gasteiger partial charge on any atom is 0.268 e. The summed E-state index contributed by atoms with van der Waals surface area (Å²) >= 11 is 0. The van der Waals surface area contributed by atoms with Gasteiger partial charge >= 0.3 is 0 Å². The van der Waals surface area contributed by atoms with Gasteiger partial charge in [-0.3, -0.25) is 9.36 Å². The number of likely N-dealkylation sites (N-methyl/N-ethyl adjacent to an activating group) is 1. The largest absolute Gasteiger partial charge is 0.756 e. The molecule has 1 amide bonds. The highest BCUT2D eigenvalue weighted by molar-refractivity contribution is 7.45. The van der Waals surface area contributed by atoms with Crippen molar-refractivity contribution in [2.45, 2.75) is 219 Å². The van der Waals surface area contributed by atoms with Crippen LogP contribution in [-0.4, -0.2) is 68.5 Å². The van der Waals surface area contributed by atoms with E-state index in [1.54, 1.807) is 6.08 Å². The van der Waals surface area contributed by atoms with Crippen molar-refractivity contribution in [1.82, 2.24) is 5.32 Å². The summed E-state index contributed by atoms with van der Waals surface area (Å²) in [6.45, 7) is 4.61. The van der Waals surface area contributed by atoms with Gasteiger partial charge in [-0.2, -0.15) is 0 Å². The fraction of sp³-hybridized carbons (Fsp3) is 0.851. The summed E-state index contributed by atoms with van der Waals surface area (Å²) < 4.78 is 23.2. The maximum atomic E-state index is 12.9. The number of nitrogens with one attached hydrogen (secondary N) is 1. The SMILES string of the molecule is CCCCC/C=C\C=C/CCCCCCCCC(=O)NC(COP(=O)([O-])OCC[N+](C)(C)C)C(O)/C=C/CCCCCCCCCCCCCCCCCCC. The number of aliphatic hydroxyl groups excluding tert-OH is 1. The Labute approximate surface area is 347 Å². The van der Waals surface area contributed by atoms with Gasteiger partial charge in [-0.15, -0.1) is 0 Å². The minimum absolute atomic E-state index is 0.00362. The van der Waals surface area contributed by atoms with E-state index < -0.39 is 20.0 Å². The van der Waals surface area contributed by atoms with Crippen LogP contribution in [0.3, 0.4) is 0 Å². The Balaban J connectivity index is 4.40. The van der Waals surface area contributed by atoms with Crippen molar-refractivity contribution < 1.29 is 32.9 Å². The minimum atomic E-state index is -4.59. The van der Waals surface area contributed by atoms with Crippen molar-refractivity contribution in [3.8, 4) is 0 Å². The smallest absolute Gasteiger partial charge is 0.268 e. The lowest BCUT2D eigenvalue weighted by atomic mass is 10.0. The van der Waals surface area contributed by atoms with Gasteiger partial charge in [0.05, 0.1) is 39.9 Å². The Hall–Kier alpha value is -1.28. The molecule has 0 aliphatic carbocycles. The van der Waals surface area contributed by atoms with Crippen molar-refractivity contribution in [2.24, 2.45) is 0 Å². The fourth-order valence-electron chi connectivity index (χ4n) is 6.61. The number of aliphatic hydroxyl groups is 1. The summed E-state index contributed by atoms with van der Waals surface area (Å²) in [4.78, 5) is 25.3. The van der Waals surface area contributed by atoms with Gasteiger partial charge in [-0.25, -0.2) is 0 Å². The van der Waals surface area contributed by atoms with E-state index in [0.29, 0.717) is 17.4 Å². The van der Waals surface area contributed by atoms with E-state index in [4.69, 9.17) is 9.05 Å². The van der Waals surface area contributed by atoms with Crippen molar-refractivity contribution in [3.05, 3.63) is 36.5 Å². The molecule has 9 heteroatoms. The average molecular weight is 811 g/mol. The first-order valence-corrected chi connectivity index (χ1v) is 24.8. The highest BCUT2D eigenvalue weighted by atomic mass is 31.2. The molecule has 0 bridgehead atoms. The molecule has 0 aliphatic heterocycles. The number of quaternary nitrogens is 1. The van der Waals surface area contributed by atoms with Crippen LogP contribution in [0.25, 0.3) is 0 Å². The molecule has 0 rings (SSSR count). The van der Waals surface area contributed by atoms with Gasteiger partial charge in [0.2, 0.25) is 5.91 Å². The molecule has 2 N–H and O–H groups in total. The van der Waals surface area contributed by atoms with E-state index in [2.05, 4.69) is 43.5 Å². The lowest BCUT2D eigenvalue weighted by Gasteiger charge is -2.29. The van der Waals surface area contributed by atoms with Crippen LogP contribution in [0, 0.1) is 0 Å². The molecular weight excluding hydrogens is 719 g/mol. The number of nitrogens with zero attached hydrogens (tertiary/aromatic N) is 1. The summed E-state index contributed by atoms with van der Waals surface area (Å²) in [6, 6.07) is -0.891. The van der Waals surface area contributed by atoms with E-state index in [1.165, 1.54) is 128 Å². The molecule has 0 saturated heterocycles. The molecule has 0 aromatic heterocycles. The first-order chi connectivity index (χ1) is 27.0. The molecule has 0 saturated carbocycles. The highest BCUT2D eigenvalue weighted by Crippen LogP contribution is 2.38. The number of phosphoric acid groups is 1. The van der Waals surface area contributed by atoms with Gasteiger partial charge in [0, 0.05) is 6.42 Å². The zero-order valence-corrected chi connectivity index (χ0v) is 38.2. The molecule has 3 unspecified atom stereocenters. The van der Waals surface area contributed by atoms with Crippen LogP contribution in [0.4, 0.5) is 0 Å². The highest BCUT2D eigenvalue weighted by Gasteiger charge is 2.23. The summed E-state index contributed by atoms with van der Waals surface area (Å²) in [5, 5.41) is 13.8. The second-order valence-electron chi connectivity index (χ2n) is 17.1. The number of carbonyl (C=O) groups excluding carboxylic acids is 1. The van der Waals surface area contributed by atoms with E-state index in [1.807, 2.05) is 27.2 Å². The van der Waals surface area contributed by atoms with Gasteiger partial charge in [0.1, 0.15) is 13.2 Å². The third-order valence-corrected chi connectivity index (χ3v) is 11.3. The molecule has 0 fully saturated rings. The number of unbranched alkanes of at least 4 members (excludes halogenated alkanes) is 26. The van der Waals surface area contributed by atoms with Crippen molar-refractivity contribution >= 4 is 13.7 Å². The number of hydrogen-bond acceptors (Lipinski definition) is 6. The zero-order valence-electron chi connectivity index (χ0n) is 37.3. The summed E-state index contributed by atoms with van der Waals surface area (Å²) in [7, 11) is 1.25. The Kier molecular flexibility index (Phi) is 38.3. The Morgan fingerprint density at radius 3 is 1.48 bits per heavy atom. The number of carbonyl (C=O) groups is 1.